The summed E-state index contributed by atoms with van der Waals surface area (Å²) in [5.41, 5.74) is 27.3. The van der Waals surface area contributed by atoms with Crippen molar-refractivity contribution >= 4 is 92.8 Å². The monoisotopic (exact) mass is 1970 g/mol. The third-order valence-corrected chi connectivity index (χ3v) is 28.0. The molecule has 142 heavy (non-hydrogen) atoms. The molecule has 38 nitrogen and oxygen atoms in total. The minimum Gasteiger partial charge on any atom is -0.460 e. The predicted octanol–water partition coefficient (Wildman–Crippen LogP) is 10.3. The molecule has 38 heteroatoms. The van der Waals surface area contributed by atoms with Crippen LogP contribution in [0.2, 0.25) is 0 Å². The number of nitrogens with zero attached hydrogens (tertiary/aromatic N) is 14. The number of rotatable bonds is 32. The molecule has 10 heterocycles. The van der Waals surface area contributed by atoms with Crippen LogP contribution in [-0.2, 0) is 107 Å². The number of likely N-dealkylation sites (N-methyl/N-ethyl adjacent to an activating group) is 1. The van der Waals surface area contributed by atoms with Crippen LogP contribution >= 0.6 is 0 Å². The largest absolute Gasteiger partial charge is 0.460 e. The molecular formula is C104H147N17O21. The molecule has 0 spiro atoms. The number of methoxy groups -OCH3 is 4. The Labute approximate surface area is 831 Å². The highest BCUT2D eigenvalue weighted by Gasteiger charge is 2.54. The molecule has 7 aromatic rings. The first kappa shape index (κ1) is 110. The molecule has 774 valence electrons. The highest BCUT2D eigenvalue weighted by atomic mass is 16.6. The van der Waals surface area contributed by atoms with Crippen LogP contribution in [-0.4, -0.2) is 313 Å². The number of aryl methyl sites for hydroxylation is 1. The summed E-state index contributed by atoms with van der Waals surface area (Å²) in [6.45, 7) is 23.8. The minimum absolute atomic E-state index is 0.0159. The van der Waals surface area contributed by atoms with Crippen molar-refractivity contribution in [1.82, 2.24) is 59.4 Å². The zero-order chi connectivity index (χ0) is 102. The Hall–Kier alpha value is -11.0. The van der Waals surface area contributed by atoms with Gasteiger partial charge in [-0.05, 0) is 181 Å². The van der Waals surface area contributed by atoms with E-state index >= 15 is 0 Å². The number of ether oxygens (including phenoxy) is 11. The predicted molar refractivity (Wildman–Crippen MR) is 534 cm³/mol. The van der Waals surface area contributed by atoms with Crippen molar-refractivity contribution in [3.8, 4) is 11.3 Å². The van der Waals surface area contributed by atoms with Gasteiger partial charge in [-0.3, -0.25) is 28.8 Å². The van der Waals surface area contributed by atoms with Crippen LogP contribution in [0.4, 0.5) is 29.5 Å². The summed E-state index contributed by atoms with van der Waals surface area (Å²) >= 11 is 0. The highest BCUT2D eigenvalue weighted by molar-refractivity contribution is 6.39. The van der Waals surface area contributed by atoms with Gasteiger partial charge in [-0.15, -0.1) is 0 Å². The number of hydrogen-bond donors (Lipinski definition) is 5. The highest BCUT2D eigenvalue weighted by Crippen LogP contribution is 2.41. The molecular weight excluding hydrogens is 1820 g/mol. The number of fused-ring (bicyclic) bond motifs is 6. The zero-order valence-electron chi connectivity index (χ0n) is 84.9. The number of piperidine rings is 1. The summed E-state index contributed by atoms with van der Waals surface area (Å²) in [5.74, 6) is -6.20. The number of carbonyl (C=O) groups is 7. The lowest BCUT2D eigenvalue weighted by Crippen LogP contribution is -2.61. The second kappa shape index (κ2) is 53.0. The molecule has 2 aromatic carbocycles. The Balaban J connectivity index is 0.000000301. The zero-order valence-corrected chi connectivity index (χ0v) is 84.9. The van der Waals surface area contributed by atoms with Crippen LogP contribution in [0.3, 0.4) is 0 Å². The topological polar surface area (TPSA) is 477 Å². The van der Waals surface area contributed by atoms with E-state index in [9.17, 15) is 43.8 Å². The van der Waals surface area contributed by atoms with E-state index in [2.05, 4.69) is 62.9 Å². The van der Waals surface area contributed by atoms with Crippen molar-refractivity contribution in [2.24, 2.45) is 35.5 Å². The first-order valence-electron chi connectivity index (χ1n) is 49.9. The van der Waals surface area contributed by atoms with E-state index in [0.717, 1.165) is 40.8 Å². The first-order valence-corrected chi connectivity index (χ1v) is 49.9. The number of hydrogen-bond acceptors (Lipinski definition) is 35. The van der Waals surface area contributed by atoms with Crippen molar-refractivity contribution < 1.29 is 100 Å². The smallest absolute Gasteiger partial charge is 0.329 e. The lowest BCUT2D eigenvalue weighted by atomic mass is 9.78. The Morgan fingerprint density at radius 1 is 0.676 bits per heavy atom. The Bertz CT molecular complexity index is 5490. The van der Waals surface area contributed by atoms with Crippen LogP contribution in [0.25, 0.3) is 33.4 Å². The van der Waals surface area contributed by atoms with Crippen molar-refractivity contribution in [2.45, 2.75) is 232 Å². The molecule has 3 saturated heterocycles. The number of carbonyl (C=O) groups excluding carboxylic acids is 7. The van der Waals surface area contributed by atoms with Crippen molar-refractivity contribution in [3.63, 3.8) is 0 Å². The van der Waals surface area contributed by atoms with Gasteiger partial charge in [0.2, 0.25) is 23.6 Å². The minimum atomic E-state index is -2.45. The standard InChI is InChI=1S/C69H102N8O15.C35H45N9O6/c1-41-18-14-13-15-19-42(2)55(86-9)36-51-24-21-47(7)69(85,92-51)63(82)65(83)77-27-17-16-20-53(77)66(84)91-57(37-56(87-10)43(3)33-46(6)61(81)62(89-12)60(80)45(5)32-41)44(4)34-49-22-25-54(58(35-49)88-11)90-59(79)26-23-50-38-71-67(72-39-50)75-28-30-76(31-29-75)68-73-40-52(48(8)78)64(70)74-68;1-42(2)10-12-47-14-16-49-18-17-48-15-13-46-11-8-30(45)43-9-7-25-19-24(3-4-27(25)22-43)21-44-34-31(33(36)38-23-39-34)32(41-44)26-5-6-29-28(20-26)40-35(37)50-29/h13-15,18-19,33,38-41,43-45,47,49,51,53-58,61-62,81,85H,16-17,20-32,34-37H2,1-12H3,(H2,70,73,74);3-6,19-20,23H,7-18,21-22H2,1-2H3,(H2,37,40)(H2,36,38,39)/b15-13+,18-14+,42-19+,46-33+;/t41-,43-,44-,45-,47-,49+,51+,53+,54-,55+,56-,57+,58-,61-,62+,69-;/m1./s1. The van der Waals surface area contributed by atoms with Gasteiger partial charge >= 0.3 is 11.9 Å². The summed E-state index contributed by atoms with van der Waals surface area (Å²) in [7, 11) is 10.2. The van der Waals surface area contributed by atoms with E-state index in [-0.39, 0.29) is 84.8 Å². The van der Waals surface area contributed by atoms with Gasteiger partial charge in [-0.1, -0.05) is 89.3 Å². The SMILES string of the molecule is CN(C)CCOCCOCCOCCOCCC(=O)N1CCc2cc(Cn3nc(-c4ccc5oc(N)nc5c4)c4c(N)ncnc43)ccc2C1.CO[C@H]1C[C@@H]2CC[C@@H](C)[C@@](O)(O2)C(=O)C(=O)N2CCCC[C@H]2C(=O)O[C@H]([C@H](C)C[C@@H]2CC[C@@H](OC(=O)CCc3cnc(N4CCN(c5ncc(C(C)=O)c(N)n5)CC4)nc3)[C@H](OC)C2)C[C@@H](OC)[C@H](C)/C=C(\C)[C@@H](O)[C@@H](OC)C(=O)[C@H](C)C[C@H](C)/C=C/C=C/C=C/1C. The fraction of sp³-hybridized carbons (Fsp3) is 0.606. The van der Waals surface area contributed by atoms with Crippen LogP contribution in [0.1, 0.15) is 178 Å². The van der Waals surface area contributed by atoms with Gasteiger partial charge in [-0.25, -0.2) is 34.4 Å². The van der Waals surface area contributed by atoms with Crippen molar-refractivity contribution in [1.29, 1.82) is 0 Å². The fourth-order valence-corrected chi connectivity index (χ4v) is 19.6. The Morgan fingerprint density at radius 2 is 1.38 bits per heavy atom. The molecule has 5 aromatic heterocycles. The van der Waals surface area contributed by atoms with Crippen LogP contribution in [0.5, 0.6) is 0 Å². The van der Waals surface area contributed by atoms with Gasteiger partial charge in [0.15, 0.2) is 22.8 Å². The van der Waals surface area contributed by atoms with Gasteiger partial charge in [0.25, 0.3) is 17.7 Å². The Kier molecular flexibility index (Phi) is 41.0. The number of piperazine rings is 1. The van der Waals surface area contributed by atoms with E-state index in [1.54, 1.807) is 47.6 Å². The van der Waals surface area contributed by atoms with Crippen LogP contribution in [0.15, 0.2) is 113 Å². The number of ketones is 3. The number of aromatic nitrogens is 9. The number of oxazole rings is 1. The lowest BCUT2D eigenvalue weighted by Gasteiger charge is -2.43. The number of esters is 2. The maximum Gasteiger partial charge on any atom is 0.329 e. The number of aliphatic hydroxyl groups excluding tert-OH is 1. The van der Waals surface area contributed by atoms with Crippen molar-refractivity contribution in [2.75, 3.05) is 168 Å². The lowest BCUT2D eigenvalue weighted by molar-refractivity contribution is -0.265. The maximum absolute atomic E-state index is 14.9. The maximum atomic E-state index is 14.9. The average molecular weight is 1970 g/mol. The van der Waals surface area contributed by atoms with E-state index in [1.807, 2.05) is 118 Å². The summed E-state index contributed by atoms with van der Waals surface area (Å²) in [6, 6.07) is 10.9. The quantitative estimate of drug-likeness (QED) is 0.00860. The molecule has 0 radical (unpaired) electrons. The van der Waals surface area contributed by atoms with Gasteiger partial charge < -0.3 is 108 Å². The van der Waals surface area contributed by atoms with Gasteiger partial charge in [0.05, 0.1) is 101 Å². The first-order chi connectivity index (χ1) is 68.2. The summed E-state index contributed by atoms with van der Waals surface area (Å²) in [5, 5.41) is 29.5. The molecule has 6 aliphatic rings. The number of benzene rings is 2. The summed E-state index contributed by atoms with van der Waals surface area (Å²) in [4.78, 5) is 136. The molecule has 8 N–H and O–H groups in total. The third kappa shape index (κ3) is 29.6. The molecule has 2 bridgehead atoms. The molecule has 4 fully saturated rings. The number of allylic oxidation sites excluding steroid dienone is 5. The van der Waals surface area contributed by atoms with Gasteiger partial charge in [0.1, 0.15) is 59.6 Å². The second-order valence-electron chi connectivity index (χ2n) is 38.7. The van der Waals surface area contributed by atoms with Gasteiger partial charge in [0, 0.05) is 142 Å². The summed E-state index contributed by atoms with van der Waals surface area (Å²) < 4.78 is 72.2. The molecule has 16 atom stereocenters. The Morgan fingerprint density at radius 3 is 2.07 bits per heavy atom. The van der Waals surface area contributed by atoms with E-state index < -0.39 is 90.2 Å². The van der Waals surface area contributed by atoms with Gasteiger partial charge in [-0.2, -0.15) is 15.1 Å². The number of amides is 2. The van der Waals surface area contributed by atoms with E-state index in [0.29, 0.717) is 232 Å². The van der Waals surface area contributed by atoms with E-state index in [4.69, 9.17) is 78.8 Å². The fourth-order valence-electron chi connectivity index (χ4n) is 19.6. The number of aliphatic hydroxyl groups is 2. The normalized spacial score (nSPS) is 26.5. The molecule has 13 rings (SSSR count). The number of nitrogen functional groups attached to an aromatic ring is 3. The molecule has 0 unspecified atom stereocenters. The van der Waals surface area contributed by atoms with Crippen LogP contribution in [0, 0.1) is 35.5 Å². The third-order valence-electron chi connectivity index (χ3n) is 28.0. The van der Waals surface area contributed by atoms with Crippen LogP contribution < -0.4 is 27.0 Å². The molecule has 2 amide bonds. The number of anilines is 5. The van der Waals surface area contributed by atoms with E-state index in [1.165, 1.54) is 37.0 Å². The number of Topliss-reactive ketones (excluding diaryl/α,β-unsaturated/α-hetero) is 3. The number of nitrogens with two attached hydrogens (primary N) is 3. The number of cyclic esters (lactones) is 1. The van der Waals surface area contributed by atoms with Crippen molar-refractivity contribution in [3.05, 3.63) is 137 Å². The average Bonchev–Trinajstić information content (AvgIpc) is 1.57. The summed E-state index contributed by atoms with van der Waals surface area (Å²) in [6.07, 6.45) is 19.4. The second-order valence-corrected chi connectivity index (χ2v) is 38.7. The molecule has 1 aliphatic carbocycles. The molecule has 1 saturated carbocycles. The molecule has 5 aliphatic heterocycles.